The van der Waals surface area contributed by atoms with Crippen LogP contribution in [0.15, 0.2) is 36.4 Å². The van der Waals surface area contributed by atoms with E-state index < -0.39 is 42.3 Å². The van der Waals surface area contributed by atoms with Gasteiger partial charge in [-0.25, -0.2) is 9.78 Å². The predicted molar refractivity (Wildman–Crippen MR) is 101 cm³/mol. The summed E-state index contributed by atoms with van der Waals surface area (Å²) in [4.78, 5) is 46.2. The Hall–Kier alpha value is -3.76. The summed E-state index contributed by atoms with van der Waals surface area (Å²) in [7, 11) is 0. The van der Waals surface area contributed by atoms with E-state index in [4.69, 9.17) is 10.2 Å². The number of fused-ring (bicyclic) bond motifs is 1. The number of alkyl halides is 3. The van der Waals surface area contributed by atoms with Crippen LogP contribution in [-0.2, 0) is 9.63 Å². The molecule has 0 radical (unpaired) electrons. The molecule has 2 amide bonds. The zero-order valence-corrected chi connectivity index (χ0v) is 15.8. The first-order chi connectivity index (χ1) is 14.7. The molecule has 1 saturated carbocycles. The summed E-state index contributed by atoms with van der Waals surface area (Å²) >= 11 is 0. The Labute approximate surface area is 173 Å². The minimum absolute atomic E-state index is 0.121. The summed E-state index contributed by atoms with van der Waals surface area (Å²) in [5, 5.41) is 9.88. The molecule has 4 rings (SSSR count). The van der Waals surface area contributed by atoms with Gasteiger partial charge in [0.15, 0.2) is 0 Å². The molecule has 2 aliphatic rings. The first kappa shape index (κ1) is 20.5. The number of hydrogen-bond donors (Lipinski definition) is 2. The number of aromatic nitrogens is 1. The van der Waals surface area contributed by atoms with Crippen molar-refractivity contribution < 1.29 is 32.4 Å². The normalized spacial score (nSPS) is 19.8. The molecule has 8 nitrogen and oxygen atoms in total. The average Bonchev–Trinajstić information content (AvgIpc) is 3.51. The van der Waals surface area contributed by atoms with Crippen LogP contribution < -0.4 is 5.32 Å². The lowest BCUT2D eigenvalue weighted by atomic mass is 10.1. The van der Waals surface area contributed by atoms with Gasteiger partial charge in [-0.2, -0.15) is 13.2 Å². The maximum atomic E-state index is 12.5. The van der Waals surface area contributed by atoms with E-state index in [1.165, 1.54) is 24.3 Å². The Morgan fingerprint density at radius 2 is 1.84 bits per heavy atom. The zero-order valence-electron chi connectivity index (χ0n) is 15.8. The van der Waals surface area contributed by atoms with Crippen molar-refractivity contribution in [1.29, 1.82) is 5.41 Å². The number of anilines is 1. The van der Waals surface area contributed by atoms with Crippen molar-refractivity contribution in [2.75, 3.05) is 11.9 Å². The first-order valence-corrected chi connectivity index (χ1v) is 9.21. The van der Waals surface area contributed by atoms with Crippen LogP contribution in [0, 0.1) is 11.3 Å². The van der Waals surface area contributed by atoms with Gasteiger partial charge in [-0.15, -0.1) is 0 Å². The van der Waals surface area contributed by atoms with E-state index in [9.17, 15) is 27.6 Å². The number of carbonyl (C=O) groups excluding carboxylic acids is 3. The minimum atomic E-state index is -4.46. The highest BCUT2D eigenvalue weighted by atomic mass is 19.4. The second-order valence-corrected chi connectivity index (χ2v) is 7.10. The number of benzene rings is 1. The summed E-state index contributed by atoms with van der Waals surface area (Å²) in [6, 6.07) is 9.01. The summed E-state index contributed by atoms with van der Waals surface area (Å²) in [6.07, 6.45) is -3.29. The van der Waals surface area contributed by atoms with Crippen LogP contribution in [0.3, 0.4) is 0 Å². The third-order valence-electron chi connectivity index (χ3n) is 4.97. The predicted octanol–water partition coefficient (Wildman–Crippen LogP) is 2.91. The number of halogens is 3. The van der Waals surface area contributed by atoms with Crippen LogP contribution in [0.4, 0.5) is 19.0 Å². The van der Waals surface area contributed by atoms with Crippen molar-refractivity contribution in [1.82, 2.24) is 10.0 Å². The molecule has 2 aromatic rings. The molecular weight excluding hydrogens is 417 g/mol. The van der Waals surface area contributed by atoms with Crippen LogP contribution in [-0.4, -0.2) is 46.8 Å². The Morgan fingerprint density at radius 3 is 2.42 bits per heavy atom. The van der Waals surface area contributed by atoms with Crippen LogP contribution >= 0.6 is 0 Å². The molecule has 0 saturated heterocycles. The van der Waals surface area contributed by atoms with Crippen molar-refractivity contribution >= 4 is 29.8 Å². The fourth-order valence-corrected chi connectivity index (χ4v) is 3.32. The zero-order chi connectivity index (χ0) is 22.3. The smallest absolute Gasteiger partial charge is 0.361 e. The second kappa shape index (κ2) is 7.49. The van der Waals surface area contributed by atoms with Gasteiger partial charge in [-0.05, 0) is 30.7 Å². The number of rotatable bonds is 6. The summed E-state index contributed by atoms with van der Waals surface area (Å²) in [5.41, 5.74) is 0.784. The molecule has 1 aliphatic carbocycles. The summed E-state index contributed by atoms with van der Waals surface area (Å²) in [5.74, 6) is -3.53. The Morgan fingerprint density at radius 1 is 1.19 bits per heavy atom. The molecule has 1 aromatic carbocycles. The molecule has 11 heteroatoms. The number of imide groups is 1. The number of pyridine rings is 1. The first-order valence-electron chi connectivity index (χ1n) is 9.21. The molecule has 2 unspecified atom stereocenters. The number of carbonyl (C=O) groups is 3. The van der Waals surface area contributed by atoms with E-state index in [1.54, 1.807) is 12.1 Å². The van der Waals surface area contributed by atoms with Crippen molar-refractivity contribution in [3.05, 3.63) is 58.8 Å². The highest BCUT2D eigenvalue weighted by Gasteiger charge is 2.49. The van der Waals surface area contributed by atoms with Gasteiger partial charge in [0, 0.05) is 23.4 Å². The topological polar surface area (TPSA) is 112 Å². The Balaban J connectivity index is 1.44. The van der Waals surface area contributed by atoms with Crippen LogP contribution in [0.2, 0.25) is 0 Å². The van der Waals surface area contributed by atoms with E-state index >= 15 is 0 Å². The lowest BCUT2D eigenvalue weighted by molar-refractivity contribution is -0.170. The lowest BCUT2D eigenvalue weighted by Gasteiger charge is -2.13. The fraction of sp³-hybridized carbons (Fsp3) is 0.250. The van der Waals surface area contributed by atoms with E-state index in [-0.39, 0.29) is 22.5 Å². The second-order valence-electron chi connectivity index (χ2n) is 7.10. The van der Waals surface area contributed by atoms with Crippen LogP contribution in [0.1, 0.15) is 44.3 Å². The van der Waals surface area contributed by atoms with Crippen molar-refractivity contribution in [2.24, 2.45) is 5.92 Å². The molecule has 1 fully saturated rings. The fourth-order valence-electron chi connectivity index (χ4n) is 3.32. The molecule has 1 aliphatic heterocycles. The van der Waals surface area contributed by atoms with E-state index in [0.717, 1.165) is 6.21 Å². The number of hydroxylamine groups is 2. The molecule has 2 N–H and O–H groups in total. The van der Waals surface area contributed by atoms with Gasteiger partial charge in [0.2, 0.25) is 0 Å². The monoisotopic (exact) mass is 432 g/mol. The molecule has 160 valence electrons. The van der Waals surface area contributed by atoms with Crippen LogP contribution in [0.5, 0.6) is 0 Å². The quantitative estimate of drug-likeness (QED) is 0.536. The standard InChI is InChI=1S/C20H15F3N4O4/c21-20(22,23)9-25-16-10(8-24)5-6-15(26-16)13-7-14(13)19(30)31-27-17(28)11-3-1-2-4-12(11)18(27)29/h1-6,8,13-14,24H,7,9H2,(H,25,26). The van der Waals surface area contributed by atoms with Crippen molar-refractivity contribution in [3.63, 3.8) is 0 Å². The van der Waals surface area contributed by atoms with E-state index in [2.05, 4.69) is 10.3 Å². The largest absolute Gasteiger partial charge is 0.405 e. The van der Waals surface area contributed by atoms with E-state index in [1.807, 2.05) is 0 Å². The SMILES string of the molecule is N=Cc1ccc(C2CC2C(=O)ON2C(=O)c3ccccc3C2=O)nc1NCC(F)(F)F. The van der Waals surface area contributed by atoms with Gasteiger partial charge in [0.1, 0.15) is 12.4 Å². The number of nitrogens with zero attached hydrogens (tertiary/aromatic N) is 2. The summed E-state index contributed by atoms with van der Waals surface area (Å²) in [6.45, 7) is -1.32. The summed E-state index contributed by atoms with van der Waals surface area (Å²) < 4.78 is 37.5. The average molecular weight is 432 g/mol. The van der Waals surface area contributed by atoms with Crippen molar-refractivity contribution in [3.8, 4) is 0 Å². The maximum absolute atomic E-state index is 12.5. The Kier molecular flexibility index (Phi) is 4.96. The van der Waals surface area contributed by atoms with Crippen LogP contribution in [0.25, 0.3) is 0 Å². The van der Waals surface area contributed by atoms with Gasteiger partial charge >= 0.3 is 12.1 Å². The third-order valence-corrected chi connectivity index (χ3v) is 4.97. The number of amides is 2. The van der Waals surface area contributed by atoms with E-state index in [0.29, 0.717) is 17.2 Å². The molecule has 1 aromatic heterocycles. The molecule has 0 bridgehead atoms. The highest BCUT2D eigenvalue weighted by molar-refractivity contribution is 6.20. The number of nitrogens with one attached hydrogen (secondary N) is 2. The van der Waals surface area contributed by atoms with Gasteiger partial charge in [0.25, 0.3) is 11.8 Å². The molecular formula is C20H15F3N4O4. The van der Waals surface area contributed by atoms with Crippen molar-refractivity contribution in [2.45, 2.75) is 18.5 Å². The lowest BCUT2D eigenvalue weighted by Crippen LogP contribution is -2.33. The van der Waals surface area contributed by atoms with Gasteiger partial charge in [-0.3, -0.25) is 9.59 Å². The molecule has 2 heterocycles. The third kappa shape index (κ3) is 3.98. The van der Waals surface area contributed by atoms with Gasteiger partial charge in [0.05, 0.1) is 17.0 Å². The molecule has 2 atom stereocenters. The van der Waals surface area contributed by atoms with Gasteiger partial charge in [-0.1, -0.05) is 17.2 Å². The van der Waals surface area contributed by atoms with Gasteiger partial charge < -0.3 is 15.6 Å². The molecule has 31 heavy (non-hydrogen) atoms. The Bertz CT molecular complexity index is 1070. The minimum Gasteiger partial charge on any atom is -0.361 e. The highest BCUT2D eigenvalue weighted by Crippen LogP contribution is 2.48. The maximum Gasteiger partial charge on any atom is 0.405 e. The number of hydrogen-bond acceptors (Lipinski definition) is 7. The molecule has 0 spiro atoms.